The fraction of sp³-hybridized carbons (Fsp3) is 0.323. The molecule has 8 nitrogen and oxygen atoms in total. The molecule has 0 saturated heterocycles. The highest BCUT2D eigenvalue weighted by atomic mass is 16.1. The van der Waals surface area contributed by atoms with Crippen LogP contribution in [0.5, 0.6) is 0 Å². The molecule has 3 heterocycles. The van der Waals surface area contributed by atoms with Crippen molar-refractivity contribution in [1.82, 2.24) is 35.1 Å². The number of pyridine rings is 2. The first kappa shape index (κ1) is 26.4. The van der Waals surface area contributed by atoms with Crippen molar-refractivity contribution in [3.63, 3.8) is 0 Å². The minimum atomic E-state index is -0.510. The van der Waals surface area contributed by atoms with Gasteiger partial charge in [0.2, 0.25) is 0 Å². The number of tetrazole rings is 1. The normalized spacial score (nSPS) is 12.7. The number of nitrogens with one attached hydrogen (secondary N) is 1. The molecule has 5 aromatic rings. The largest absolute Gasteiger partial charge is 0.322 e. The van der Waals surface area contributed by atoms with Crippen LogP contribution in [0.15, 0.2) is 83.9 Å². The number of aromatic nitrogens is 6. The molecule has 2 aromatic carbocycles. The zero-order chi connectivity index (χ0) is 27.4. The summed E-state index contributed by atoms with van der Waals surface area (Å²) in [7, 11) is 0. The second-order valence-corrected chi connectivity index (χ2v) is 10.6. The van der Waals surface area contributed by atoms with E-state index in [-0.39, 0.29) is 11.1 Å². The Kier molecular flexibility index (Phi) is 7.65. The maximum absolute atomic E-state index is 13.8. The topological polar surface area (TPSA) is 92.6 Å². The van der Waals surface area contributed by atoms with E-state index in [4.69, 9.17) is 0 Å². The van der Waals surface area contributed by atoms with E-state index in [1.54, 1.807) is 6.20 Å². The molecule has 0 amide bonds. The standard InChI is InChI=1S/C31H35N7O/c1-5-22-14-15-27-25(17-22)18-26(30(39)33-27)28(29-34-35-36-38(29)31(3,4)6-2)37(20-23-11-8-7-9-12-23)21-24-13-10-16-32-19-24/h7-19,28H,5-6,20-21H2,1-4H3,(H,33,39). The van der Waals surface area contributed by atoms with Gasteiger partial charge in [-0.2, -0.15) is 0 Å². The van der Waals surface area contributed by atoms with Gasteiger partial charge in [0, 0.05) is 36.6 Å². The van der Waals surface area contributed by atoms with Gasteiger partial charge < -0.3 is 4.98 Å². The molecule has 1 atom stereocenters. The molecule has 0 saturated carbocycles. The van der Waals surface area contributed by atoms with Crippen LogP contribution in [-0.2, 0) is 25.0 Å². The lowest BCUT2D eigenvalue weighted by Gasteiger charge is -2.33. The Balaban J connectivity index is 1.74. The minimum Gasteiger partial charge on any atom is -0.322 e. The van der Waals surface area contributed by atoms with Crippen LogP contribution in [0.2, 0.25) is 0 Å². The molecule has 5 rings (SSSR count). The summed E-state index contributed by atoms with van der Waals surface area (Å²) in [6, 6.07) is 22.0. The van der Waals surface area contributed by atoms with Gasteiger partial charge in [0.1, 0.15) is 6.04 Å². The average Bonchev–Trinajstić information content (AvgIpc) is 3.45. The lowest BCUT2D eigenvalue weighted by molar-refractivity contribution is 0.180. The Bertz CT molecular complexity index is 1550. The minimum absolute atomic E-state index is 0.148. The van der Waals surface area contributed by atoms with Crippen LogP contribution in [-0.4, -0.2) is 35.1 Å². The summed E-state index contributed by atoms with van der Waals surface area (Å²) >= 11 is 0. The van der Waals surface area contributed by atoms with Crippen LogP contribution >= 0.6 is 0 Å². The number of nitrogens with zero attached hydrogens (tertiary/aromatic N) is 6. The van der Waals surface area contributed by atoms with Gasteiger partial charge in [-0.1, -0.05) is 56.3 Å². The third-order valence-electron chi connectivity index (χ3n) is 7.52. The van der Waals surface area contributed by atoms with Crippen molar-refractivity contribution in [2.24, 2.45) is 0 Å². The number of fused-ring (bicyclic) bond motifs is 1. The molecule has 8 heteroatoms. The van der Waals surface area contributed by atoms with Crippen molar-refractivity contribution in [3.05, 3.63) is 118 Å². The molecule has 1 N–H and O–H groups in total. The lowest BCUT2D eigenvalue weighted by Crippen LogP contribution is -2.38. The molecular formula is C31H35N7O. The van der Waals surface area contributed by atoms with Crippen molar-refractivity contribution < 1.29 is 0 Å². The molecule has 0 aliphatic carbocycles. The number of hydrogen-bond donors (Lipinski definition) is 1. The molecule has 0 bridgehead atoms. The van der Waals surface area contributed by atoms with Crippen molar-refractivity contribution in [1.29, 1.82) is 0 Å². The van der Waals surface area contributed by atoms with E-state index in [1.807, 2.05) is 47.3 Å². The average molecular weight is 522 g/mol. The number of rotatable bonds is 10. The Labute approximate surface area is 228 Å². The van der Waals surface area contributed by atoms with E-state index in [0.717, 1.165) is 34.9 Å². The van der Waals surface area contributed by atoms with E-state index in [1.165, 1.54) is 5.56 Å². The highest BCUT2D eigenvalue weighted by molar-refractivity contribution is 5.80. The van der Waals surface area contributed by atoms with Gasteiger partial charge >= 0.3 is 0 Å². The van der Waals surface area contributed by atoms with E-state index in [9.17, 15) is 4.79 Å². The van der Waals surface area contributed by atoms with Crippen molar-refractivity contribution in [2.45, 2.75) is 65.2 Å². The first-order valence-corrected chi connectivity index (χ1v) is 13.5. The van der Waals surface area contributed by atoms with Gasteiger partial charge in [-0.15, -0.1) is 5.10 Å². The first-order valence-electron chi connectivity index (χ1n) is 13.5. The Morgan fingerprint density at radius 1 is 0.949 bits per heavy atom. The quantitative estimate of drug-likeness (QED) is 0.264. The van der Waals surface area contributed by atoms with Gasteiger partial charge in [0.05, 0.1) is 5.54 Å². The van der Waals surface area contributed by atoms with Gasteiger partial charge in [-0.3, -0.25) is 14.7 Å². The summed E-state index contributed by atoms with van der Waals surface area (Å²) in [6.07, 6.45) is 5.38. The summed E-state index contributed by atoms with van der Waals surface area (Å²) in [6.45, 7) is 9.63. The van der Waals surface area contributed by atoms with Gasteiger partial charge in [0.25, 0.3) is 5.56 Å². The number of aryl methyl sites for hydroxylation is 1. The Hall–Kier alpha value is -4.17. The molecule has 0 fully saturated rings. The van der Waals surface area contributed by atoms with Crippen LogP contribution < -0.4 is 5.56 Å². The SMILES string of the molecule is CCc1ccc2[nH]c(=O)c(C(c3nnnn3C(C)(C)CC)N(Cc3ccccc3)Cc3cccnc3)cc2c1. The van der Waals surface area contributed by atoms with Crippen LogP contribution in [0.4, 0.5) is 0 Å². The number of H-pyrrole nitrogens is 1. The zero-order valence-electron chi connectivity index (χ0n) is 23.0. The Morgan fingerprint density at radius 2 is 1.72 bits per heavy atom. The van der Waals surface area contributed by atoms with E-state index in [0.29, 0.717) is 24.5 Å². The second-order valence-electron chi connectivity index (χ2n) is 10.6. The zero-order valence-corrected chi connectivity index (χ0v) is 23.0. The highest BCUT2D eigenvalue weighted by Crippen LogP contribution is 2.33. The number of benzene rings is 2. The van der Waals surface area contributed by atoms with E-state index >= 15 is 0 Å². The fourth-order valence-electron chi connectivity index (χ4n) is 4.92. The molecule has 200 valence electrons. The van der Waals surface area contributed by atoms with Gasteiger partial charge in [-0.25, -0.2) is 4.68 Å². The molecule has 0 radical (unpaired) electrons. The molecule has 0 aliphatic heterocycles. The smallest absolute Gasteiger partial charge is 0.253 e. The molecule has 1 unspecified atom stereocenters. The van der Waals surface area contributed by atoms with Gasteiger partial charge in [-0.05, 0) is 83.5 Å². The summed E-state index contributed by atoms with van der Waals surface area (Å²) in [5.74, 6) is 0.637. The van der Waals surface area contributed by atoms with E-state index in [2.05, 4.69) is 88.4 Å². The van der Waals surface area contributed by atoms with Crippen LogP contribution in [0.25, 0.3) is 10.9 Å². The second kappa shape index (κ2) is 11.3. The predicted molar refractivity (Wildman–Crippen MR) is 153 cm³/mol. The van der Waals surface area contributed by atoms with Crippen molar-refractivity contribution >= 4 is 10.9 Å². The molecule has 0 aliphatic rings. The summed E-state index contributed by atoms with van der Waals surface area (Å²) in [4.78, 5) is 23.5. The molecular weight excluding hydrogens is 486 g/mol. The van der Waals surface area contributed by atoms with Crippen LogP contribution in [0, 0.1) is 0 Å². The van der Waals surface area contributed by atoms with Crippen LogP contribution in [0.1, 0.15) is 68.2 Å². The first-order chi connectivity index (χ1) is 18.9. The van der Waals surface area contributed by atoms with Crippen molar-refractivity contribution in [3.8, 4) is 0 Å². The lowest BCUT2D eigenvalue weighted by atomic mass is 9.98. The third kappa shape index (κ3) is 5.66. The maximum atomic E-state index is 13.8. The van der Waals surface area contributed by atoms with Crippen LogP contribution in [0.3, 0.4) is 0 Å². The Morgan fingerprint density at radius 3 is 2.44 bits per heavy atom. The monoisotopic (exact) mass is 521 g/mol. The maximum Gasteiger partial charge on any atom is 0.253 e. The predicted octanol–water partition coefficient (Wildman–Crippen LogP) is 5.41. The van der Waals surface area contributed by atoms with E-state index < -0.39 is 6.04 Å². The summed E-state index contributed by atoms with van der Waals surface area (Å²) in [5, 5.41) is 14.1. The van der Waals surface area contributed by atoms with Gasteiger partial charge in [0.15, 0.2) is 5.82 Å². The summed E-state index contributed by atoms with van der Waals surface area (Å²) in [5.41, 5.74) is 4.32. The third-order valence-corrected chi connectivity index (χ3v) is 7.52. The fourth-order valence-corrected chi connectivity index (χ4v) is 4.92. The highest BCUT2D eigenvalue weighted by Gasteiger charge is 2.34. The van der Waals surface area contributed by atoms with Crippen molar-refractivity contribution in [2.75, 3.05) is 0 Å². The molecule has 3 aromatic heterocycles. The summed E-state index contributed by atoms with van der Waals surface area (Å²) < 4.78 is 1.88. The number of hydrogen-bond acceptors (Lipinski definition) is 6. The molecule has 39 heavy (non-hydrogen) atoms. The number of aromatic amines is 1. The molecule has 0 spiro atoms.